The standard InChI is InChI=1S/C22H25ClN4O2/c1-2-29-22(28)26-13-11-17(12-14-26)24-21-25-19-9-5-6-10-20(19)27(21)15-16-7-3-4-8-18(16)23/h3-10,17H,2,11-15H2,1H3,(H,24,25). The molecule has 7 heteroatoms. The van der Waals surface area contributed by atoms with Crippen molar-refractivity contribution < 1.29 is 9.53 Å². The number of piperidine rings is 1. The van der Waals surface area contributed by atoms with Crippen molar-refractivity contribution in [1.82, 2.24) is 14.5 Å². The quantitative estimate of drug-likeness (QED) is 0.655. The minimum atomic E-state index is -0.225. The number of amides is 1. The van der Waals surface area contributed by atoms with Crippen molar-refractivity contribution in [2.75, 3.05) is 25.0 Å². The smallest absolute Gasteiger partial charge is 0.409 e. The molecule has 0 saturated carbocycles. The lowest BCUT2D eigenvalue weighted by Gasteiger charge is -2.32. The first kappa shape index (κ1) is 19.6. The van der Waals surface area contributed by atoms with Gasteiger partial charge in [0.15, 0.2) is 0 Å². The van der Waals surface area contributed by atoms with E-state index in [1.807, 2.05) is 49.4 Å². The molecule has 29 heavy (non-hydrogen) atoms. The number of hydrogen-bond acceptors (Lipinski definition) is 4. The summed E-state index contributed by atoms with van der Waals surface area (Å²) in [5, 5.41) is 4.35. The van der Waals surface area contributed by atoms with E-state index in [9.17, 15) is 4.79 Å². The van der Waals surface area contributed by atoms with Gasteiger partial charge in [0, 0.05) is 24.2 Å². The summed E-state index contributed by atoms with van der Waals surface area (Å²) in [5.41, 5.74) is 3.07. The number of halogens is 1. The van der Waals surface area contributed by atoms with Crippen molar-refractivity contribution in [3.05, 3.63) is 59.1 Å². The molecule has 1 fully saturated rings. The molecule has 0 unspecified atom stereocenters. The Balaban J connectivity index is 1.53. The molecule has 2 aromatic carbocycles. The second-order valence-corrected chi connectivity index (χ2v) is 7.61. The molecule has 152 valence electrons. The molecule has 0 aliphatic carbocycles. The van der Waals surface area contributed by atoms with Gasteiger partial charge < -0.3 is 19.5 Å². The van der Waals surface area contributed by atoms with Crippen LogP contribution in [-0.4, -0.2) is 46.3 Å². The Hall–Kier alpha value is -2.73. The molecule has 0 radical (unpaired) electrons. The first-order chi connectivity index (χ1) is 14.2. The number of ether oxygens (including phenoxy) is 1. The number of nitrogens with zero attached hydrogens (tertiary/aromatic N) is 3. The zero-order chi connectivity index (χ0) is 20.2. The van der Waals surface area contributed by atoms with E-state index in [1.165, 1.54) is 0 Å². The molecule has 0 atom stereocenters. The first-order valence-corrected chi connectivity index (χ1v) is 10.4. The second kappa shape index (κ2) is 8.74. The molecule has 1 N–H and O–H groups in total. The molecular formula is C22H25ClN4O2. The molecule has 1 aromatic heterocycles. The molecular weight excluding hydrogens is 388 g/mol. The Labute approximate surface area is 175 Å². The van der Waals surface area contributed by atoms with Crippen LogP contribution in [0.15, 0.2) is 48.5 Å². The number of carbonyl (C=O) groups is 1. The molecule has 1 amide bonds. The Bertz CT molecular complexity index is 995. The summed E-state index contributed by atoms with van der Waals surface area (Å²) in [6.07, 6.45) is 1.49. The van der Waals surface area contributed by atoms with E-state index in [0.29, 0.717) is 26.2 Å². The van der Waals surface area contributed by atoms with Crippen LogP contribution in [-0.2, 0) is 11.3 Å². The Morgan fingerprint density at radius 1 is 1.17 bits per heavy atom. The van der Waals surface area contributed by atoms with E-state index in [1.54, 1.807) is 4.90 Å². The van der Waals surface area contributed by atoms with Crippen LogP contribution in [0.5, 0.6) is 0 Å². The normalized spacial score (nSPS) is 14.9. The van der Waals surface area contributed by atoms with E-state index in [4.69, 9.17) is 21.3 Å². The number of fused-ring (bicyclic) bond motifs is 1. The highest BCUT2D eigenvalue weighted by Crippen LogP contribution is 2.26. The van der Waals surface area contributed by atoms with Gasteiger partial charge in [0.05, 0.1) is 24.2 Å². The third-order valence-corrected chi connectivity index (χ3v) is 5.66. The number of carbonyl (C=O) groups excluding carboxylic acids is 1. The molecule has 3 aromatic rings. The summed E-state index contributed by atoms with van der Waals surface area (Å²) in [7, 11) is 0. The number of nitrogens with one attached hydrogen (secondary N) is 1. The number of rotatable bonds is 5. The van der Waals surface area contributed by atoms with Crippen molar-refractivity contribution in [1.29, 1.82) is 0 Å². The van der Waals surface area contributed by atoms with Crippen LogP contribution in [0.4, 0.5) is 10.7 Å². The summed E-state index contributed by atoms with van der Waals surface area (Å²) < 4.78 is 7.28. The number of para-hydroxylation sites is 2. The average Bonchev–Trinajstić information content (AvgIpc) is 3.07. The lowest BCUT2D eigenvalue weighted by atomic mass is 10.1. The van der Waals surface area contributed by atoms with Crippen molar-refractivity contribution in [2.24, 2.45) is 0 Å². The van der Waals surface area contributed by atoms with Gasteiger partial charge >= 0.3 is 6.09 Å². The summed E-state index contributed by atoms with van der Waals surface area (Å²) in [6.45, 7) is 4.24. The van der Waals surface area contributed by atoms with Gasteiger partial charge in [-0.3, -0.25) is 0 Å². The molecule has 1 aliphatic rings. The molecule has 2 heterocycles. The number of benzene rings is 2. The third-order valence-electron chi connectivity index (χ3n) is 5.30. The van der Waals surface area contributed by atoms with E-state index >= 15 is 0 Å². The van der Waals surface area contributed by atoms with Gasteiger partial charge in [-0.25, -0.2) is 9.78 Å². The van der Waals surface area contributed by atoms with Crippen molar-refractivity contribution in [3.8, 4) is 0 Å². The third kappa shape index (κ3) is 4.32. The second-order valence-electron chi connectivity index (χ2n) is 7.21. The number of imidazole rings is 1. The van der Waals surface area contributed by atoms with E-state index in [2.05, 4.69) is 16.0 Å². The van der Waals surface area contributed by atoms with Crippen LogP contribution in [0.25, 0.3) is 11.0 Å². The monoisotopic (exact) mass is 412 g/mol. The molecule has 4 rings (SSSR count). The van der Waals surface area contributed by atoms with Crippen LogP contribution in [0.2, 0.25) is 5.02 Å². The predicted octanol–water partition coefficient (Wildman–Crippen LogP) is 4.77. The molecule has 0 spiro atoms. The van der Waals surface area contributed by atoms with Gasteiger partial charge in [-0.05, 0) is 43.5 Å². The fraction of sp³-hybridized carbons (Fsp3) is 0.364. The van der Waals surface area contributed by atoms with Crippen molar-refractivity contribution >= 4 is 34.7 Å². The topological polar surface area (TPSA) is 59.4 Å². The fourth-order valence-electron chi connectivity index (χ4n) is 3.75. The van der Waals surface area contributed by atoms with Crippen LogP contribution < -0.4 is 5.32 Å². The van der Waals surface area contributed by atoms with Gasteiger partial charge in [0.1, 0.15) is 0 Å². The van der Waals surface area contributed by atoms with Gasteiger partial charge in [-0.15, -0.1) is 0 Å². The van der Waals surface area contributed by atoms with E-state index in [-0.39, 0.29) is 12.1 Å². The highest BCUT2D eigenvalue weighted by molar-refractivity contribution is 6.31. The lowest BCUT2D eigenvalue weighted by molar-refractivity contribution is 0.0983. The van der Waals surface area contributed by atoms with Crippen LogP contribution in [0.3, 0.4) is 0 Å². The first-order valence-electron chi connectivity index (χ1n) is 10.0. The highest BCUT2D eigenvalue weighted by atomic mass is 35.5. The number of hydrogen-bond donors (Lipinski definition) is 1. The zero-order valence-electron chi connectivity index (χ0n) is 16.5. The van der Waals surface area contributed by atoms with Crippen LogP contribution in [0, 0.1) is 0 Å². The Morgan fingerprint density at radius 3 is 2.66 bits per heavy atom. The fourth-order valence-corrected chi connectivity index (χ4v) is 3.94. The zero-order valence-corrected chi connectivity index (χ0v) is 17.2. The lowest BCUT2D eigenvalue weighted by Crippen LogP contribution is -2.42. The Morgan fingerprint density at radius 2 is 1.90 bits per heavy atom. The highest BCUT2D eigenvalue weighted by Gasteiger charge is 2.25. The summed E-state index contributed by atoms with van der Waals surface area (Å²) in [6, 6.07) is 16.3. The maximum Gasteiger partial charge on any atom is 0.409 e. The van der Waals surface area contributed by atoms with E-state index in [0.717, 1.165) is 40.4 Å². The summed E-state index contributed by atoms with van der Waals surface area (Å²) in [4.78, 5) is 18.5. The largest absolute Gasteiger partial charge is 0.450 e. The predicted molar refractivity (Wildman–Crippen MR) is 116 cm³/mol. The summed E-state index contributed by atoms with van der Waals surface area (Å²) >= 11 is 6.40. The number of anilines is 1. The van der Waals surface area contributed by atoms with E-state index < -0.39 is 0 Å². The molecule has 1 saturated heterocycles. The van der Waals surface area contributed by atoms with Crippen LogP contribution in [0.1, 0.15) is 25.3 Å². The SMILES string of the molecule is CCOC(=O)N1CCC(Nc2nc3ccccc3n2Cc2ccccc2Cl)CC1. The van der Waals surface area contributed by atoms with Crippen molar-refractivity contribution in [2.45, 2.75) is 32.4 Å². The number of likely N-dealkylation sites (tertiary alicyclic amines) is 1. The molecule has 6 nitrogen and oxygen atoms in total. The van der Waals surface area contributed by atoms with Gasteiger partial charge in [0.25, 0.3) is 0 Å². The van der Waals surface area contributed by atoms with Gasteiger partial charge in [0.2, 0.25) is 5.95 Å². The van der Waals surface area contributed by atoms with Gasteiger partial charge in [-0.1, -0.05) is 41.9 Å². The maximum atomic E-state index is 11.9. The molecule has 0 bridgehead atoms. The van der Waals surface area contributed by atoms with Gasteiger partial charge in [-0.2, -0.15) is 0 Å². The summed E-state index contributed by atoms with van der Waals surface area (Å²) in [5.74, 6) is 0.834. The number of aromatic nitrogens is 2. The van der Waals surface area contributed by atoms with Crippen LogP contribution >= 0.6 is 11.6 Å². The maximum absolute atomic E-state index is 11.9. The Kier molecular flexibility index (Phi) is 5.90. The average molecular weight is 413 g/mol. The minimum Gasteiger partial charge on any atom is -0.450 e. The van der Waals surface area contributed by atoms with Crippen molar-refractivity contribution in [3.63, 3.8) is 0 Å². The molecule has 1 aliphatic heterocycles. The minimum absolute atomic E-state index is 0.225.